The molecule has 0 unspecified atom stereocenters. The van der Waals surface area contributed by atoms with Gasteiger partial charge in [-0.1, -0.05) is 13.3 Å². The number of halogens is 3. The van der Waals surface area contributed by atoms with Gasteiger partial charge in [0.1, 0.15) is 11.9 Å². The minimum absolute atomic E-state index is 0.0809. The Morgan fingerprint density at radius 1 is 1.00 bits per heavy atom. The number of unbranched alkanes of at least 4 members (excludes halogenated alkanes) is 1. The monoisotopic (exact) mass is 776 g/mol. The Balaban J connectivity index is 0.000000198. The van der Waals surface area contributed by atoms with Gasteiger partial charge in [0, 0.05) is 75.4 Å². The van der Waals surface area contributed by atoms with Crippen molar-refractivity contribution in [1.82, 2.24) is 24.7 Å². The van der Waals surface area contributed by atoms with Crippen LogP contribution in [0.2, 0.25) is 0 Å². The summed E-state index contributed by atoms with van der Waals surface area (Å²) in [6.45, 7) is 6.48. The lowest BCUT2D eigenvalue weighted by Gasteiger charge is -2.37. The summed E-state index contributed by atoms with van der Waals surface area (Å²) in [6.07, 6.45) is 9.17. The second-order valence-corrected chi connectivity index (χ2v) is 14.5. The number of imide groups is 1. The van der Waals surface area contributed by atoms with Gasteiger partial charge >= 0.3 is 6.03 Å². The van der Waals surface area contributed by atoms with E-state index in [2.05, 4.69) is 15.2 Å². The summed E-state index contributed by atoms with van der Waals surface area (Å²) in [5.74, 6) is -2.54. The Labute approximate surface area is 322 Å². The molecule has 4 amide bonds. The number of anilines is 1. The summed E-state index contributed by atoms with van der Waals surface area (Å²) in [4.78, 5) is 58.9. The number of likely N-dealkylation sites (tertiary alicyclic amines) is 2. The number of nitrogens with zero attached hydrogens (tertiary/aromatic N) is 5. The number of aromatic nitrogens is 2. The molecule has 0 bridgehead atoms. The number of alkyl halides is 1. The fourth-order valence-corrected chi connectivity index (χ4v) is 7.54. The number of benzene rings is 2. The average Bonchev–Trinajstić information content (AvgIpc) is 3.20. The number of nitrogens with one attached hydrogen (secondary N) is 1. The number of pyridine rings is 2. The zero-order chi connectivity index (χ0) is 39.9. The van der Waals surface area contributed by atoms with Crippen LogP contribution in [0.25, 0.3) is 21.9 Å². The fourth-order valence-electron chi connectivity index (χ4n) is 7.54. The van der Waals surface area contributed by atoms with E-state index in [-0.39, 0.29) is 35.9 Å². The van der Waals surface area contributed by atoms with Crippen LogP contribution < -0.4 is 20.5 Å². The molecule has 3 saturated heterocycles. The number of hydrogen-bond donors (Lipinski definition) is 2. The number of carbonyl (C=O) groups excluding carboxylic acids is 3. The first kappa shape index (κ1) is 40.2. The molecule has 4 aromatic rings. The van der Waals surface area contributed by atoms with Crippen molar-refractivity contribution in [2.24, 2.45) is 5.92 Å². The lowest BCUT2D eigenvalue weighted by atomic mass is 9.94. The Hall–Kier alpha value is -5.44. The normalized spacial score (nSPS) is 18.1. The third-order valence-corrected chi connectivity index (χ3v) is 10.6. The quantitative estimate of drug-likeness (QED) is 0.203. The van der Waals surface area contributed by atoms with Crippen LogP contribution in [0.4, 0.5) is 23.7 Å². The first-order valence-electron chi connectivity index (χ1n) is 19.1. The zero-order valence-electron chi connectivity index (χ0n) is 31.6. The molecule has 5 heterocycles. The van der Waals surface area contributed by atoms with E-state index >= 15 is 0 Å². The van der Waals surface area contributed by atoms with Crippen molar-refractivity contribution in [3.63, 3.8) is 0 Å². The van der Waals surface area contributed by atoms with Gasteiger partial charge in [0.05, 0.1) is 18.2 Å². The number of methoxy groups -OCH3 is 1. The van der Waals surface area contributed by atoms with E-state index in [0.29, 0.717) is 71.9 Å². The van der Waals surface area contributed by atoms with E-state index in [0.717, 1.165) is 57.3 Å². The minimum atomic E-state index is -1.04. The maximum atomic E-state index is 13.7. The number of urea groups is 1. The second kappa shape index (κ2) is 18.0. The number of fused-ring (bicyclic) bond motifs is 1. The molecular formula is C41H47F3N6O6. The van der Waals surface area contributed by atoms with Crippen molar-refractivity contribution in [1.29, 1.82) is 0 Å². The van der Waals surface area contributed by atoms with Gasteiger partial charge in [0.15, 0.2) is 17.4 Å². The average molecular weight is 777 g/mol. The topological polar surface area (TPSA) is 137 Å². The third-order valence-electron chi connectivity index (χ3n) is 10.6. The first-order chi connectivity index (χ1) is 27.0. The fraction of sp³-hybridized carbons (Fsp3) is 0.439. The predicted molar refractivity (Wildman–Crippen MR) is 206 cm³/mol. The van der Waals surface area contributed by atoms with Gasteiger partial charge in [-0.2, -0.15) is 0 Å². The number of hydrogen-bond acceptors (Lipinski definition) is 8. The Bertz CT molecular complexity index is 2120. The molecule has 7 rings (SSSR count). The molecule has 3 aliphatic rings. The molecule has 0 saturated carbocycles. The smallest absolute Gasteiger partial charge is 0.328 e. The van der Waals surface area contributed by atoms with Crippen LogP contribution in [-0.2, 0) is 11.3 Å². The summed E-state index contributed by atoms with van der Waals surface area (Å²) in [6, 6.07) is 8.29. The van der Waals surface area contributed by atoms with Gasteiger partial charge in [-0.25, -0.2) is 18.0 Å². The number of rotatable bonds is 9. The van der Waals surface area contributed by atoms with E-state index in [4.69, 9.17) is 4.74 Å². The Morgan fingerprint density at radius 2 is 1.75 bits per heavy atom. The first-order valence-corrected chi connectivity index (χ1v) is 19.1. The molecule has 2 N–H and O–H groups in total. The Morgan fingerprint density at radius 3 is 2.43 bits per heavy atom. The zero-order valence-corrected chi connectivity index (χ0v) is 31.6. The number of aryl methyl sites for hydroxylation is 1. The molecule has 0 spiro atoms. The third kappa shape index (κ3) is 9.15. The molecule has 56 heavy (non-hydrogen) atoms. The number of carbonyl (C=O) groups is 3. The number of ether oxygens (including phenoxy) is 1. The number of aromatic hydroxyl groups is 1. The van der Waals surface area contributed by atoms with Crippen LogP contribution in [0.5, 0.6) is 11.5 Å². The lowest BCUT2D eigenvalue weighted by molar-refractivity contribution is -0.120. The van der Waals surface area contributed by atoms with Crippen molar-refractivity contribution in [3.05, 3.63) is 82.5 Å². The maximum Gasteiger partial charge on any atom is 0.328 e. The molecule has 3 aliphatic heterocycles. The SMILES string of the molecule is CCCCn1cc(-c2cc(F)c(O)c(F)c2)c2ccncc2c1=O.COc1ccc(C(=O)N2CCC(CN3CCC[C@H](F)C3)CC2)cc1N1CCC(=O)NC1=O. The standard InChI is InChI=1S/C23H31FN4O4.C18H16F2N2O2/c1-32-20-5-4-17(13-19(20)28-12-8-21(29)25-23(28)31)22(30)27-10-6-16(7-11-27)14-26-9-2-3-18(24)15-26;1-2-3-6-22-10-14(11-7-15(19)17(23)16(20)8-11)12-4-5-21-9-13(12)18(22)24/h4-5,13,16,18H,2-3,6-12,14-15H2,1H3,(H,25,29,31);4-5,7-10,23H,2-3,6H2,1H3/t18-;/m0./s1. The van der Waals surface area contributed by atoms with Gasteiger partial charge in [0.2, 0.25) is 5.91 Å². The Kier molecular flexibility index (Phi) is 12.9. The summed E-state index contributed by atoms with van der Waals surface area (Å²) in [7, 11) is 1.51. The van der Waals surface area contributed by atoms with E-state index in [1.54, 1.807) is 30.5 Å². The molecule has 0 aliphatic carbocycles. The summed E-state index contributed by atoms with van der Waals surface area (Å²) in [5.41, 5.74) is 1.55. The molecule has 15 heteroatoms. The molecule has 1 atom stereocenters. The van der Waals surface area contributed by atoms with E-state index in [1.807, 2.05) is 11.8 Å². The van der Waals surface area contributed by atoms with Crippen molar-refractivity contribution >= 4 is 34.3 Å². The molecule has 0 radical (unpaired) electrons. The van der Waals surface area contributed by atoms with Gasteiger partial charge < -0.3 is 24.2 Å². The highest BCUT2D eigenvalue weighted by Gasteiger charge is 2.30. The molecule has 2 aromatic carbocycles. The molecule has 12 nitrogen and oxygen atoms in total. The molecule has 298 valence electrons. The van der Waals surface area contributed by atoms with Crippen LogP contribution in [0.3, 0.4) is 0 Å². The van der Waals surface area contributed by atoms with Gasteiger partial charge in [0.25, 0.3) is 11.5 Å². The van der Waals surface area contributed by atoms with Crippen molar-refractivity contribution < 1.29 is 37.4 Å². The summed E-state index contributed by atoms with van der Waals surface area (Å²) >= 11 is 0. The van der Waals surface area contributed by atoms with Crippen LogP contribution in [0.15, 0.2) is 59.8 Å². The second-order valence-electron chi connectivity index (χ2n) is 14.5. The highest BCUT2D eigenvalue weighted by atomic mass is 19.1. The molecule has 3 fully saturated rings. The van der Waals surface area contributed by atoms with Crippen LogP contribution in [-0.4, -0.2) is 94.9 Å². The summed E-state index contributed by atoms with van der Waals surface area (Å²) in [5, 5.41) is 12.5. The van der Waals surface area contributed by atoms with Crippen molar-refractivity contribution in [2.45, 2.75) is 64.6 Å². The number of phenolic OH excluding ortho intramolecular Hbond substituents is 1. The highest BCUT2D eigenvalue weighted by Crippen LogP contribution is 2.33. The lowest BCUT2D eigenvalue weighted by Crippen LogP contribution is -2.49. The van der Waals surface area contributed by atoms with Crippen LogP contribution >= 0.6 is 0 Å². The highest BCUT2D eigenvalue weighted by molar-refractivity contribution is 6.07. The number of piperidine rings is 2. The molecular weight excluding hydrogens is 729 g/mol. The van der Waals surface area contributed by atoms with Crippen molar-refractivity contribution in [3.8, 4) is 22.6 Å². The van der Waals surface area contributed by atoms with Gasteiger partial charge in [-0.15, -0.1) is 0 Å². The predicted octanol–water partition coefficient (Wildman–Crippen LogP) is 6.28. The summed E-state index contributed by atoms with van der Waals surface area (Å²) < 4.78 is 48.1. The van der Waals surface area contributed by atoms with Crippen LogP contribution in [0.1, 0.15) is 62.2 Å². The van der Waals surface area contributed by atoms with Gasteiger partial charge in [-0.05, 0) is 91.9 Å². The largest absolute Gasteiger partial charge is 0.503 e. The number of amides is 4. The minimum Gasteiger partial charge on any atom is -0.503 e. The maximum absolute atomic E-state index is 13.7. The molecule has 2 aromatic heterocycles. The van der Waals surface area contributed by atoms with Crippen molar-refractivity contribution in [2.75, 3.05) is 51.3 Å². The number of phenols is 1. The van der Waals surface area contributed by atoms with Crippen LogP contribution in [0, 0.1) is 17.6 Å². The van der Waals surface area contributed by atoms with E-state index < -0.39 is 29.6 Å². The van der Waals surface area contributed by atoms with Gasteiger partial charge in [-0.3, -0.25) is 29.6 Å². The van der Waals surface area contributed by atoms with E-state index in [9.17, 15) is 37.5 Å². The van der Waals surface area contributed by atoms with E-state index in [1.165, 1.54) is 29.0 Å².